The molecule has 4 heteroatoms. The second-order valence-corrected chi connectivity index (χ2v) is 5.51. The lowest BCUT2D eigenvalue weighted by Gasteiger charge is -2.13. The Morgan fingerprint density at radius 2 is 2.39 bits per heavy atom. The van der Waals surface area contributed by atoms with Crippen molar-refractivity contribution in [3.05, 3.63) is 29.9 Å². The molecule has 3 nitrogen and oxygen atoms in total. The summed E-state index contributed by atoms with van der Waals surface area (Å²) in [6.45, 7) is 6.44. The van der Waals surface area contributed by atoms with E-state index in [-0.39, 0.29) is 0 Å². The zero-order chi connectivity index (χ0) is 12.8. The Hall–Kier alpha value is -1.13. The summed E-state index contributed by atoms with van der Waals surface area (Å²) < 4.78 is 2.22. The summed E-state index contributed by atoms with van der Waals surface area (Å²) in [6.07, 6.45) is 6.41. The van der Waals surface area contributed by atoms with Gasteiger partial charge in [0.15, 0.2) is 0 Å². The monoisotopic (exact) mass is 263 g/mol. The van der Waals surface area contributed by atoms with Gasteiger partial charge >= 0.3 is 0 Å². The van der Waals surface area contributed by atoms with Gasteiger partial charge in [-0.2, -0.15) is 0 Å². The average Bonchev–Trinajstić information content (AvgIpc) is 2.98. The minimum absolute atomic E-state index is 0.601. The van der Waals surface area contributed by atoms with Crippen LogP contribution >= 0.6 is 11.3 Å². The molecule has 2 heterocycles. The molecule has 1 unspecified atom stereocenters. The Bertz CT molecular complexity index is 447. The number of rotatable bonds is 7. The van der Waals surface area contributed by atoms with E-state index in [9.17, 15) is 0 Å². The molecule has 1 N–H and O–H groups in total. The molecule has 0 aliphatic carbocycles. The fourth-order valence-electron chi connectivity index (χ4n) is 2.09. The van der Waals surface area contributed by atoms with Gasteiger partial charge in [-0.05, 0) is 24.8 Å². The number of aromatic nitrogens is 2. The maximum Gasteiger partial charge on any atom is 0.150 e. The molecule has 0 amide bonds. The molecule has 2 aromatic heterocycles. The van der Waals surface area contributed by atoms with Gasteiger partial charge in [0, 0.05) is 31.5 Å². The van der Waals surface area contributed by atoms with Crippen molar-refractivity contribution in [3.8, 4) is 10.7 Å². The van der Waals surface area contributed by atoms with Crippen LogP contribution < -0.4 is 5.32 Å². The third kappa shape index (κ3) is 3.43. The standard InChI is InChI=1S/C14H21N3S/c1-3-5-12(2)15-7-9-17-10-8-16-14(17)13-6-4-11-18-13/h4,6,8,10-12,15H,3,5,7,9H2,1-2H3. The van der Waals surface area contributed by atoms with Crippen LogP contribution in [-0.4, -0.2) is 22.1 Å². The summed E-state index contributed by atoms with van der Waals surface area (Å²) in [6, 6.07) is 4.79. The van der Waals surface area contributed by atoms with E-state index in [1.807, 2.05) is 6.20 Å². The van der Waals surface area contributed by atoms with Gasteiger partial charge in [0.05, 0.1) is 4.88 Å². The van der Waals surface area contributed by atoms with Crippen molar-refractivity contribution in [3.63, 3.8) is 0 Å². The Kier molecular flexibility index (Phi) is 4.96. The highest BCUT2D eigenvalue weighted by Crippen LogP contribution is 2.22. The molecule has 0 aromatic carbocycles. The van der Waals surface area contributed by atoms with Crippen LogP contribution in [0.3, 0.4) is 0 Å². The second kappa shape index (κ2) is 6.71. The number of imidazole rings is 1. The predicted octanol–water partition coefficient (Wildman–Crippen LogP) is 3.39. The Labute approximate surface area is 113 Å². The van der Waals surface area contributed by atoms with E-state index in [4.69, 9.17) is 0 Å². The molecular weight excluding hydrogens is 242 g/mol. The van der Waals surface area contributed by atoms with E-state index in [1.165, 1.54) is 17.7 Å². The van der Waals surface area contributed by atoms with Crippen molar-refractivity contribution in [2.45, 2.75) is 39.3 Å². The fourth-order valence-corrected chi connectivity index (χ4v) is 2.82. The average molecular weight is 263 g/mol. The lowest BCUT2D eigenvalue weighted by Crippen LogP contribution is -2.29. The van der Waals surface area contributed by atoms with Crippen LogP contribution in [0.2, 0.25) is 0 Å². The maximum atomic E-state index is 4.44. The molecule has 1 atom stereocenters. The van der Waals surface area contributed by atoms with Gasteiger partial charge in [-0.15, -0.1) is 11.3 Å². The number of hydrogen-bond acceptors (Lipinski definition) is 3. The van der Waals surface area contributed by atoms with Gasteiger partial charge < -0.3 is 9.88 Å². The molecule has 0 fully saturated rings. The van der Waals surface area contributed by atoms with Crippen molar-refractivity contribution >= 4 is 11.3 Å². The lowest BCUT2D eigenvalue weighted by atomic mass is 10.2. The zero-order valence-corrected chi connectivity index (χ0v) is 11.9. The van der Waals surface area contributed by atoms with Crippen LogP contribution in [-0.2, 0) is 6.54 Å². The highest BCUT2D eigenvalue weighted by Gasteiger charge is 2.06. The van der Waals surface area contributed by atoms with Gasteiger partial charge in [0.1, 0.15) is 5.82 Å². The SMILES string of the molecule is CCCC(C)NCCn1ccnc1-c1cccs1. The summed E-state index contributed by atoms with van der Waals surface area (Å²) in [5.74, 6) is 1.08. The largest absolute Gasteiger partial charge is 0.329 e. The van der Waals surface area contributed by atoms with E-state index >= 15 is 0 Å². The van der Waals surface area contributed by atoms with Gasteiger partial charge in [-0.1, -0.05) is 19.4 Å². The first kappa shape index (κ1) is 13.3. The summed E-state index contributed by atoms with van der Waals surface area (Å²) in [7, 11) is 0. The summed E-state index contributed by atoms with van der Waals surface area (Å²) >= 11 is 1.74. The summed E-state index contributed by atoms with van der Waals surface area (Å²) in [5.41, 5.74) is 0. The Morgan fingerprint density at radius 3 is 3.11 bits per heavy atom. The highest BCUT2D eigenvalue weighted by molar-refractivity contribution is 7.13. The highest BCUT2D eigenvalue weighted by atomic mass is 32.1. The van der Waals surface area contributed by atoms with Gasteiger partial charge in [0.2, 0.25) is 0 Å². The lowest BCUT2D eigenvalue weighted by molar-refractivity contribution is 0.487. The van der Waals surface area contributed by atoms with Crippen molar-refractivity contribution in [1.82, 2.24) is 14.9 Å². The van der Waals surface area contributed by atoms with Crippen LogP contribution in [0.15, 0.2) is 29.9 Å². The normalized spacial score (nSPS) is 12.8. The van der Waals surface area contributed by atoms with E-state index in [1.54, 1.807) is 11.3 Å². The van der Waals surface area contributed by atoms with Crippen LogP contribution in [0, 0.1) is 0 Å². The molecule has 0 aliphatic rings. The molecule has 98 valence electrons. The molecule has 0 saturated heterocycles. The quantitative estimate of drug-likeness (QED) is 0.830. The molecule has 2 rings (SSSR count). The van der Waals surface area contributed by atoms with Crippen LogP contribution in [0.4, 0.5) is 0 Å². The summed E-state index contributed by atoms with van der Waals surface area (Å²) in [4.78, 5) is 5.68. The molecule has 2 aromatic rings. The zero-order valence-electron chi connectivity index (χ0n) is 11.1. The second-order valence-electron chi connectivity index (χ2n) is 4.57. The van der Waals surface area contributed by atoms with Crippen LogP contribution in [0.1, 0.15) is 26.7 Å². The topological polar surface area (TPSA) is 29.9 Å². The van der Waals surface area contributed by atoms with Crippen molar-refractivity contribution < 1.29 is 0 Å². The fraction of sp³-hybridized carbons (Fsp3) is 0.500. The van der Waals surface area contributed by atoms with Crippen molar-refractivity contribution in [2.24, 2.45) is 0 Å². The van der Waals surface area contributed by atoms with Gasteiger partial charge in [0.25, 0.3) is 0 Å². The molecule has 0 radical (unpaired) electrons. The minimum Gasteiger partial charge on any atom is -0.329 e. The third-order valence-electron chi connectivity index (χ3n) is 3.02. The van der Waals surface area contributed by atoms with Gasteiger partial charge in [-0.25, -0.2) is 4.98 Å². The van der Waals surface area contributed by atoms with Gasteiger partial charge in [-0.3, -0.25) is 0 Å². The van der Waals surface area contributed by atoms with Crippen molar-refractivity contribution in [1.29, 1.82) is 0 Å². The molecular formula is C14H21N3S. The Morgan fingerprint density at radius 1 is 1.50 bits per heavy atom. The van der Waals surface area contributed by atoms with E-state index in [0.717, 1.165) is 18.9 Å². The van der Waals surface area contributed by atoms with Crippen molar-refractivity contribution in [2.75, 3.05) is 6.54 Å². The third-order valence-corrected chi connectivity index (χ3v) is 3.89. The number of thiophene rings is 1. The first-order chi connectivity index (χ1) is 8.81. The molecule has 18 heavy (non-hydrogen) atoms. The van der Waals surface area contributed by atoms with Crippen LogP contribution in [0.25, 0.3) is 10.7 Å². The van der Waals surface area contributed by atoms with E-state index in [0.29, 0.717) is 6.04 Å². The number of nitrogens with one attached hydrogen (secondary N) is 1. The molecule has 0 spiro atoms. The maximum absolute atomic E-state index is 4.44. The molecule has 0 saturated carbocycles. The first-order valence-electron chi connectivity index (χ1n) is 6.59. The Balaban J connectivity index is 1.89. The number of hydrogen-bond donors (Lipinski definition) is 1. The molecule has 0 aliphatic heterocycles. The first-order valence-corrected chi connectivity index (χ1v) is 7.47. The number of nitrogens with zero attached hydrogens (tertiary/aromatic N) is 2. The summed E-state index contributed by atoms with van der Waals surface area (Å²) in [5, 5.41) is 5.64. The van der Waals surface area contributed by atoms with E-state index < -0.39 is 0 Å². The predicted molar refractivity (Wildman–Crippen MR) is 77.9 cm³/mol. The minimum atomic E-state index is 0.601. The smallest absolute Gasteiger partial charge is 0.150 e. The molecule has 0 bridgehead atoms. The van der Waals surface area contributed by atoms with Crippen LogP contribution in [0.5, 0.6) is 0 Å². The van der Waals surface area contributed by atoms with E-state index in [2.05, 4.69) is 52.4 Å².